The molecule has 2 N–H and O–H groups in total. The summed E-state index contributed by atoms with van der Waals surface area (Å²) in [6.45, 7) is 2.12. The van der Waals surface area contributed by atoms with Crippen LogP contribution < -0.4 is 10.5 Å². The summed E-state index contributed by atoms with van der Waals surface area (Å²) in [5.41, 5.74) is 10.0. The van der Waals surface area contributed by atoms with E-state index in [9.17, 15) is 0 Å². The van der Waals surface area contributed by atoms with E-state index in [2.05, 4.69) is 37.3 Å². The van der Waals surface area contributed by atoms with Gasteiger partial charge in [0.15, 0.2) is 0 Å². The summed E-state index contributed by atoms with van der Waals surface area (Å²) in [6.07, 6.45) is 1.94. The van der Waals surface area contributed by atoms with Crippen molar-refractivity contribution in [2.45, 2.75) is 25.8 Å². The summed E-state index contributed by atoms with van der Waals surface area (Å²) >= 11 is 0. The van der Waals surface area contributed by atoms with Crippen LogP contribution in [0.2, 0.25) is 0 Å². The molecule has 2 heteroatoms. The highest BCUT2D eigenvalue weighted by Crippen LogP contribution is 2.21. The average molecular weight is 255 g/mol. The molecule has 0 fully saturated rings. The Morgan fingerprint density at radius 2 is 1.89 bits per heavy atom. The molecule has 2 rings (SSSR count). The van der Waals surface area contributed by atoms with Gasteiger partial charge in [0.05, 0.1) is 7.11 Å². The topological polar surface area (TPSA) is 35.2 Å². The number of hydrogen-bond donors (Lipinski definition) is 1. The molecule has 1 atom stereocenters. The fourth-order valence-corrected chi connectivity index (χ4v) is 2.23. The lowest BCUT2D eigenvalue weighted by atomic mass is 9.99. The highest BCUT2D eigenvalue weighted by atomic mass is 16.5. The Bertz CT molecular complexity index is 536. The van der Waals surface area contributed by atoms with E-state index in [1.807, 2.05) is 18.2 Å². The number of methoxy groups -OCH3 is 1. The van der Waals surface area contributed by atoms with Crippen molar-refractivity contribution in [3.63, 3.8) is 0 Å². The van der Waals surface area contributed by atoms with Crippen LogP contribution in [0.4, 0.5) is 0 Å². The number of aryl methyl sites for hydroxylation is 2. The Balaban J connectivity index is 1.99. The third-order valence-electron chi connectivity index (χ3n) is 3.35. The molecule has 0 aliphatic rings. The summed E-state index contributed by atoms with van der Waals surface area (Å²) in [4.78, 5) is 0. The van der Waals surface area contributed by atoms with Gasteiger partial charge in [0.2, 0.25) is 0 Å². The summed E-state index contributed by atoms with van der Waals surface area (Å²) in [5, 5.41) is 0. The molecule has 19 heavy (non-hydrogen) atoms. The maximum Gasteiger partial charge on any atom is 0.119 e. The van der Waals surface area contributed by atoms with Gasteiger partial charge in [-0.3, -0.25) is 0 Å². The van der Waals surface area contributed by atoms with Gasteiger partial charge in [-0.1, -0.05) is 42.0 Å². The minimum Gasteiger partial charge on any atom is -0.497 e. The van der Waals surface area contributed by atoms with Crippen LogP contribution in [0.3, 0.4) is 0 Å². The van der Waals surface area contributed by atoms with E-state index in [-0.39, 0.29) is 6.04 Å². The number of hydrogen-bond acceptors (Lipinski definition) is 2. The zero-order valence-corrected chi connectivity index (χ0v) is 11.6. The second-order valence-corrected chi connectivity index (χ2v) is 4.91. The Labute approximate surface area is 115 Å². The van der Waals surface area contributed by atoms with E-state index in [1.54, 1.807) is 7.11 Å². The first-order chi connectivity index (χ1) is 9.19. The first kappa shape index (κ1) is 13.6. The van der Waals surface area contributed by atoms with Crippen LogP contribution in [0, 0.1) is 6.92 Å². The van der Waals surface area contributed by atoms with Crippen molar-refractivity contribution in [2.75, 3.05) is 7.11 Å². The summed E-state index contributed by atoms with van der Waals surface area (Å²) in [5.74, 6) is 0.864. The molecular formula is C17H21NO. The monoisotopic (exact) mass is 255 g/mol. The molecule has 1 unspecified atom stereocenters. The molecular weight excluding hydrogens is 234 g/mol. The SMILES string of the molecule is COc1cccc(C(N)CCc2cccc(C)c2)c1. The molecule has 2 aromatic rings. The second-order valence-electron chi connectivity index (χ2n) is 4.91. The Morgan fingerprint density at radius 1 is 1.11 bits per heavy atom. The summed E-state index contributed by atoms with van der Waals surface area (Å²) < 4.78 is 5.23. The molecule has 0 bridgehead atoms. The van der Waals surface area contributed by atoms with Crippen molar-refractivity contribution in [3.8, 4) is 5.75 Å². The number of nitrogens with two attached hydrogens (primary N) is 1. The van der Waals surface area contributed by atoms with Gasteiger partial charge in [-0.05, 0) is 43.0 Å². The van der Waals surface area contributed by atoms with E-state index in [0.29, 0.717) is 0 Å². The molecule has 0 amide bonds. The van der Waals surface area contributed by atoms with Crippen molar-refractivity contribution >= 4 is 0 Å². The van der Waals surface area contributed by atoms with Crippen molar-refractivity contribution in [2.24, 2.45) is 5.73 Å². The number of rotatable bonds is 5. The first-order valence-corrected chi connectivity index (χ1v) is 6.64. The Kier molecular flexibility index (Phi) is 4.58. The van der Waals surface area contributed by atoms with Crippen molar-refractivity contribution < 1.29 is 4.74 Å². The van der Waals surface area contributed by atoms with Crippen LogP contribution in [-0.4, -0.2) is 7.11 Å². The Hall–Kier alpha value is -1.80. The lowest BCUT2D eigenvalue weighted by Gasteiger charge is -2.13. The molecule has 0 spiro atoms. The summed E-state index contributed by atoms with van der Waals surface area (Å²) in [6, 6.07) is 16.6. The molecule has 0 aromatic heterocycles. The molecule has 0 saturated carbocycles. The smallest absolute Gasteiger partial charge is 0.119 e. The molecule has 0 aliphatic carbocycles. The van der Waals surface area contributed by atoms with Crippen LogP contribution >= 0.6 is 0 Å². The zero-order chi connectivity index (χ0) is 13.7. The molecule has 0 radical (unpaired) electrons. The van der Waals surface area contributed by atoms with Crippen molar-refractivity contribution in [1.82, 2.24) is 0 Å². The highest BCUT2D eigenvalue weighted by molar-refractivity contribution is 5.30. The minimum atomic E-state index is 0.0515. The lowest BCUT2D eigenvalue weighted by Crippen LogP contribution is -2.11. The predicted molar refractivity (Wildman–Crippen MR) is 79.4 cm³/mol. The van der Waals surface area contributed by atoms with E-state index in [0.717, 1.165) is 24.2 Å². The highest BCUT2D eigenvalue weighted by Gasteiger charge is 2.07. The lowest BCUT2D eigenvalue weighted by molar-refractivity contribution is 0.413. The first-order valence-electron chi connectivity index (χ1n) is 6.64. The van der Waals surface area contributed by atoms with Crippen LogP contribution in [-0.2, 0) is 6.42 Å². The van der Waals surface area contributed by atoms with Crippen molar-refractivity contribution in [3.05, 3.63) is 65.2 Å². The standard InChI is InChI=1S/C17H21NO/c1-13-5-3-6-14(11-13)9-10-17(18)15-7-4-8-16(12-15)19-2/h3-8,11-12,17H,9-10,18H2,1-2H3. The van der Waals surface area contributed by atoms with E-state index < -0.39 is 0 Å². The van der Waals surface area contributed by atoms with Crippen LogP contribution in [0.1, 0.15) is 29.2 Å². The summed E-state index contributed by atoms with van der Waals surface area (Å²) in [7, 11) is 1.68. The average Bonchev–Trinajstić information content (AvgIpc) is 2.45. The minimum absolute atomic E-state index is 0.0515. The van der Waals surface area contributed by atoms with Gasteiger partial charge in [0.1, 0.15) is 5.75 Å². The van der Waals surface area contributed by atoms with Gasteiger partial charge in [-0.25, -0.2) is 0 Å². The quantitative estimate of drug-likeness (QED) is 0.885. The molecule has 100 valence electrons. The molecule has 0 saturated heterocycles. The molecule has 0 heterocycles. The van der Waals surface area contributed by atoms with E-state index in [4.69, 9.17) is 10.5 Å². The number of ether oxygens (including phenoxy) is 1. The van der Waals surface area contributed by atoms with Gasteiger partial charge in [0, 0.05) is 6.04 Å². The maximum absolute atomic E-state index is 6.25. The number of benzene rings is 2. The Morgan fingerprint density at radius 3 is 2.63 bits per heavy atom. The third-order valence-corrected chi connectivity index (χ3v) is 3.35. The zero-order valence-electron chi connectivity index (χ0n) is 11.6. The largest absolute Gasteiger partial charge is 0.497 e. The van der Waals surface area contributed by atoms with Gasteiger partial charge < -0.3 is 10.5 Å². The van der Waals surface area contributed by atoms with Gasteiger partial charge in [-0.15, -0.1) is 0 Å². The fourth-order valence-electron chi connectivity index (χ4n) is 2.23. The molecule has 2 aromatic carbocycles. The van der Waals surface area contributed by atoms with Crippen LogP contribution in [0.15, 0.2) is 48.5 Å². The van der Waals surface area contributed by atoms with Gasteiger partial charge >= 0.3 is 0 Å². The van der Waals surface area contributed by atoms with Crippen LogP contribution in [0.25, 0.3) is 0 Å². The third kappa shape index (κ3) is 3.83. The maximum atomic E-state index is 6.25. The van der Waals surface area contributed by atoms with Crippen molar-refractivity contribution in [1.29, 1.82) is 0 Å². The van der Waals surface area contributed by atoms with E-state index >= 15 is 0 Å². The fraction of sp³-hybridized carbons (Fsp3) is 0.294. The van der Waals surface area contributed by atoms with Gasteiger partial charge in [-0.2, -0.15) is 0 Å². The molecule has 0 aliphatic heterocycles. The van der Waals surface area contributed by atoms with Gasteiger partial charge in [0.25, 0.3) is 0 Å². The van der Waals surface area contributed by atoms with E-state index in [1.165, 1.54) is 11.1 Å². The normalized spacial score (nSPS) is 12.2. The predicted octanol–water partition coefficient (Wildman–Crippen LogP) is 3.64. The van der Waals surface area contributed by atoms with Crippen LogP contribution in [0.5, 0.6) is 5.75 Å². The molecule has 2 nitrogen and oxygen atoms in total. The second kappa shape index (κ2) is 6.39.